The zero-order valence-corrected chi connectivity index (χ0v) is 10.4. The number of benzene rings is 1. The van der Waals surface area contributed by atoms with Gasteiger partial charge in [0.05, 0.1) is 7.11 Å². The van der Waals surface area contributed by atoms with Crippen LogP contribution in [0.1, 0.15) is 25.3 Å². The molecule has 0 amide bonds. The topological polar surface area (TPSA) is 29.5 Å². The monoisotopic (exact) mass is 233 g/mol. The lowest BCUT2D eigenvalue weighted by atomic mass is 10.2. The zero-order valence-electron chi connectivity index (χ0n) is 10.4. The van der Waals surface area contributed by atoms with Crippen molar-refractivity contribution in [3.63, 3.8) is 0 Å². The first-order chi connectivity index (χ1) is 8.22. The van der Waals surface area contributed by atoms with Gasteiger partial charge in [-0.05, 0) is 25.3 Å². The maximum absolute atomic E-state index is 11.6. The van der Waals surface area contributed by atoms with Crippen LogP contribution in [0.25, 0.3) is 0 Å². The van der Waals surface area contributed by atoms with Crippen LogP contribution in [-0.2, 0) is 16.1 Å². The van der Waals surface area contributed by atoms with Crippen LogP contribution in [0.5, 0.6) is 0 Å². The Balaban J connectivity index is 2.05. The molecule has 0 spiro atoms. The number of methoxy groups -OCH3 is 1. The highest BCUT2D eigenvalue weighted by Gasteiger charge is 2.35. The fraction of sp³-hybridized carbons (Fsp3) is 0.500. The molecule has 17 heavy (non-hydrogen) atoms. The molecular weight excluding hydrogens is 214 g/mol. The second kappa shape index (κ2) is 5.32. The van der Waals surface area contributed by atoms with Crippen molar-refractivity contribution in [2.24, 2.45) is 0 Å². The smallest absolute Gasteiger partial charge is 0.322 e. The van der Waals surface area contributed by atoms with Gasteiger partial charge in [-0.3, -0.25) is 9.69 Å². The lowest BCUT2D eigenvalue weighted by Gasteiger charge is -2.27. The lowest BCUT2D eigenvalue weighted by Crippen LogP contribution is -2.40. The summed E-state index contributed by atoms with van der Waals surface area (Å²) in [6.07, 6.45) is 2.38. The van der Waals surface area contributed by atoms with Gasteiger partial charge < -0.3 is 4.74 Å². The quantitative estimate of drug-likeness (QED) is 0.730. The van der Waals surface area contributed by atoms with E-state index in [1.807, 2.05) is 25.1 Å². The molecule has 0 N–H and O–H groups in total. The van der Waals surface area contributed by atoms with E-state index in [4.69, 9.17) is 4.74 Å². The Morgan fingerprint density at radius 3 is 2.59 bits per heavy atom. The van der Waals surface area contributed by atoms with E-state index in [0.717, 1.165) is 6.54 Å². The van der Waals surface area contributed by atoms with Crippen molar-refractivity contribution in [2.75, 3.05) is 7.11 Å². The summed E-state index contributed by atoms with van der Waals surface area (Å²) >= 11 is 0. The minimum Gasteiger partial charge on any atom is -0.468 e. The average molecular weight is 233 g/mol. The molecule has 1 aliphatic carbocycles. The molecule has 1 aromatic rings. The minimum atomic E-state index is -0.160. The maximum Gasteiger partial charge on any atom is 0.322 e. The van der Waals surface area contributed by atoms with E-state index in [-0.39, 0.29) is 12.0 Å². The number of nitrogens with zero attached hydrogens (tertiary/aromatic N) is 1. The largest absolute Gasteiger partial charge is 0.468 e. The van der Waals surface area contributed by atoms with Crippen LogP contribution in [-0.4, -0.2) is 30.1 Å². The first-order valence-corrected chi connectivity index (χ1v) is 6.10. The van der Waals surface area contributed by atoms with Gasteiger partial charge in [-0.2, -0.15) is 0 Å². The van der Waals surface area contributed by atoms with Gasteiger partial charge in [0.25, 0.3) is 0 Å². The summed E-state index contributed by atoms with van der Waals surface area (Å²) in [6, 6.07) is 10.6. The van der Waals surface area contributed by atoms with E-state index in [1.54, 1.807) is 0 Å². The standard InChI is InChI=1S/C14H19NO2/c1-11(14(16)17-2)15(13-8-9-13)10-12-6-4-3-5-7-12/h3-7,11,13H,8-10H2,1-2H3. The molecule has 1 fully saturated rings. The van der Waals surface area contributed by atoms with Gasteiger partial charge >= 0.3 is 5.97 Å². The Bertz CT molecular complexity index is 373. The van der Waals surface area contributed by atoms with Gasteiger partial charge in [0.1, 0.15) is 6.04 Å². The first kappa shape index (κ1) is 12.1. The number of hydrogen-bond donors (Lipinski definition) is 0. The SMILES string of the molecule is COC(=O)C(C)N(Cc1ccccc1)C1CC1. The Kier molecular flexibility index (Phi) is 3.79. The van der Waals surface area contributed by atoms with Crippen LogP contribution >= 0.6 is 0 Å². The van der Waals surface area contributed by atoms with Crippen molar-refractivity contribution in [3.05, 3.63) is 35.9 Å². The van der Waals surface area contributed by atoms with E-state index in [2.05, 4.69) is 17.0 Å². The Morgan fingerprint density at radius 2 is 2.06 bits per heavy atom. The van der Waals surface area contributed by atoms with Crippen molar-refractivity contribution in [1.82, 2.24) is 4.90 Å². The van der Waals surface area contributed by atoms with Crippen molar-refractivity contribution >= 4 is 5.97 Å². The highest BCUT2D eigenvalue weighted by molar-refractivity contribution is 5.75. The average Bonchev–Trinajstić information content (AvgIpc) is 3.19. The van der Waals surface area contributed by atoms with Gasteiger partial charge in [-0.1, -0.05) is 30.3 Å². The van der Waals surface area contributed by atoms with Gasteiger partial charge in [-0.15, -0.1) is 0 Å². The number of hydrogen-bond acceptors (Lipinski definition) is 3. The van der Waals surface area contributed by atoms with E-state index >= 15 is 0 Å². The molecule has 1 atom stereocenters. The summed E-state index contributed by atoms with van der Waals surface area (Å²) in [6.45, 7) is 2.74. The fourth-order valence-electron chi connectivity index (χ4n) is 2.09. The lowest BCUT2D eigenvalue weighted by molar-refractivity contribution is -0.146. The molecule has 3 heteroatoms. The maximum atomic E-state index is 11.6. The Labute approximate surface area is 102 Å². The molecule has 3 nitrogen and oxygen atoms in total. The molecule has 2 rings (SSSR count). The van der Waals surface area contributed by atoms with Crippen LogP contribution < -0.4 is 0 Å². The number of esters is 1. The summed E-state index contributed by atoms with van der Waals surface area (Å²) < 4.78 is 4.83. The predicted molar refractivity (Wildman–Crippen MR) is 66.5 cm³/mol. The molecule has 1 saturated carbocycles. The normalized spacial score (nSPS) is 16.9. The minimum absolute atomic E-state index is 0.146. The van der Waals surface area contributed by atoms with Crippen molar-refractivity contribution in [1.29, 1.82) is 0 Å². The van der Waals surface area contributed by atoms with Gasteiger partial charge in [0.2, 0.25) is 0 Å². The third kappa shape index (κ3) is 3.07. The van der Waals surface area contributed by atoms with E-state index < -0.39 is 0 Å². The van der Waals surface area contributed by atoms with Gasteiger partial charge in [-0.25, -0.2) is 0 Å². The van der Waals surface area contributed by atoms with E-state index in [9.17, 15) is 4.79 Å². The van der Waals surface area contributed by atoms with Crippen molar-refractivity contribution in [3.8, 4) is 0 Å². The van der Waals surface area contributed by atoms with Crippen LogP contribution in [0.2, 0.25) is 0 Å². The van der Waals surface area contributed by atoms with E-state index in [1.165, 1.54) is 25.5 Å². The second-order valence-electron chi connectivity index (χ2n) is 4.59. The zero-order chi connectivity index (χ0) is 12.3. The third-order valence-electron chi connectivity index (χ3n) is 3.26. The number of carbonyl (C=O) groups excluding carboxylic acids is 1. The molecule has 0 heterocycles. The van der Waals surface area contributed by atoms with Crippen LogP contribution in [0.4, 0.5) is 0 Å². The van der Waals surface area contributed by atoms with Gasteiger partial charge in [0.15, 0.2) is 0 Å². The van der Waals surface area contributed by atoms with E-state index in [0.29, 0.717) is 6.04 Å². The number of rotatable bonds is 5. The molecule has 0 bridgehead atoms. The molecule has 1 unspecified atom stereocenters. The van der Waals surface area contributed by atoms with Crippen LogP contribution in [0, 0.1) is 0 Å². The van der Waals surface area contributed by atoms with Crippen LogP contribution in [0.3, 0.4) is 0 Å². The van der Waals surface area contributed by atoms with Crippen LogP contribution in [0.15, 0.2) is 30.3 Å². The molecule has 0 aromatic heterocycles. The summed E-state index contributed by atoms with van der Waals surface area (Å²) in [5, 5.41) is 0. The molecular formula is C14H19NO2. The van der Waals surface area contributed by atoms with Gasteiger partial charge in [0, 0.05) is 12.6 Å². The molecule has 0 saturated heterocycles. The number of ether oxygens (including phenoxy) is 1. The Hall–Kier alpha value is -1.35. The summed E-state index contributed by atoms with van der Waals surface area (Å²) in [5.74, 6) is -0.146. The number of carbonyl (C=O) groups is 1. The molecule has 1 aromatic carbocycles. The molecule has 1 aliphatic rings. The first-order valence-electron chi connectivity index (χ1n) is 6.10. The molecule has 92 valence electrons. The summed E-state index contributed by atoms with van der Waals surface area (Å²) in [7, 11) is 1.45. The Morgan fingerprint density at radius 1 is 1.41 bits per heavy atom. The second-order valence-corrected chi connectivity index (χ2v) is 4.59. The summed E-state index contributed by atoms with van der Waals surface area (Å²) in [4.78, 5) is 13.8. The molecule has 0 aliphatic heterocycles. The van der Waals surface area contributed by atoms with Crippen molar-refractivity contribution < 1.29 is 9.53 Å². The fourth-order valence-corrected chi connectivity index (χ4v) is 2.09. The molecule has 0 radical (unpaired) electrons. The predicted octanol–water partition coefficient (Wildman–Crippen LogP) is 2.21. The highest BCUT2D eigenvalue weighted by atomic mass is 16.5. The highest BCUT2D eigenvalue weighted by Crippen LogP contribution is 2.30. The van der Waals surface area contributed by atoms with Crippen molar-refractivity contribution in [2.45, 2.75) is 38.4 Å². The third-order valence-corrected chi connectivity index (χ3v) is 3.26. The summed E-state index contributed by atoms with van der Waals surface area (Å²) in [5.41, 5.74) is 1.25.